The summed E-state index contributed by atoms with van der Waals surface area (Å²) in [5.41, 5.74) is 0.963. The molecule has 0 bridgehead atoms. The van der Waals surface area contributed by atoms with Gasteiger partial charge in [0.1, 0.15) is 10.7 Å². The number of benzene rings is 2. The summed E-state index contributed by atoms with van der Waals surface area (Å²) in [7, 11) is -2.33. The lowest BCUT2D eigenvalue weighted by atomic mass is 9.98. The van der Waals surface area contributed by atoms with Gasteiger partial charge in [0.15, 0.2) is 6.10 Å². The van der Waals surface area contributed by atoms with E-state index >= 15 is 0 Å². The van der Waals surface area contributed by atoms with Crippen LogP contribution in [0.3, 0.4) is 0 Å². The average Bonchev–Trinajstić information content (AvgIpc) is 2.79. The van der Waals surface area contributed by atoms with E-state index < -0.39 is 33.8 Å². The van der Waals surface area contributed by atoms with Crippen LogP contribution in [0.25, 0.3) is 0 Å². The number of carbonyl (C=O) groups is 2. The highest BCUT2D eigenvalue weighted by molar-refractivity contribution is 7.89. The normalized spacial score (nSPS) is 16.3. The van der Waals surface area contributed by atoms with Gasteiger partial charge in [-0.1, -0.05) is 42.5 Å². The molecule has 9 heteroatoms. The van der Waals surface area contributed by atoms with Crippen molar-refractivity contribution < 1.29 is 27.1 Å². The van der Waals surface area contributed by atoms with Gasteiger partial charge in [0.25, 0.3) is 5.91 Å². The van der Waals surface area contributed by atoms with Crippen molar-refractivity contribution in [3.63, 3.8) is 0 Å². The van der Waals surface area contributed by atoms with Crippen molar-refractivity contribution in [2.75, 3.05) is 20.1 Å². The standard InChI is InChI=1S/C23H27FN2O5S/c1-17(22(27)25(2)16-18-8-4-3-5-9-18)31-23(28)19-12-14-26(15-13-19)32(29,30)21-11-7-6-10-20(21)24/h3-11,17,19H,12-16H2,1-2H3/t17-/m1/s1. The minimum absolute atomic E-state index is 0.0761. The molecule has 0 spiro atoms. The predicted molar refractivity (Wildman–Crippen MR) is 116 cm³/mol. The summed E-state index contributed by atoms with van der Waals surface area (Å²) in [6, 6.07) is 14.7. The quantitative estimate of drug-likeness (QED) is 0.591. The van der Waals surface area contributed by atoms with Crippen molar-refractivity contribution in [1.29, 1.82) is 0 Å². The third-order valence-corrected chi connectivity index (χ3v) is 7.45. The first-order valence-corrected chi connectivity index (χ1v) is 11.9. The highest BCUT2D eigenvalue weighted by atomic mass is 32.2. The third kappa shape index (κ3) is 5.52. The molecule has 1 aliphatic rings. The summed E-state index contributed by atoms with van der Waals surface area (Å²) >= 11 is 0. The number of piperidine rings is 1. The van der Waals surface area contributed by atoms with Gasteiger partial charge in [0.05, 0.1) is 5.92 Å². The molecule has 1 aliphatic heterocycles. The molecule has 1 heterocycles. The Balaban J connectivity index is 1.53. The first kappa shape index (κ1) is 23.9. The van der Waals surface area contributed by atoms with E-state index in [1.807, 2.05) is 30.3 Å². The van der Waals surface area contributed by atoms with Crippen LogP contribution in [0.4, 0.5) is 4.39 Å². The molecular formula is C23H27FN2O5S. The number of hydrogen-bond acceptors (Lipinski definition) is 5. The molecule has 0 radical (unpaired) electrons. The highest BCUT2D eigenvalue weighted by Gasteiger charge is 2.35. The van der Waals surface area contributed by atoms with E-state index in [4.69, 9.17) is 4.74 Å². The van der Waals surface area contributed by atoms with Crippen molar-refractivity contribution in [1.82, 2.24) is 9.21 Å². The summed E-state index contributed by atoms with van der Waals surface area (Å²) in [5.74, 6) is -2.17. The lowest BCUT2D eigenvalue weighted by Gasteiger charge is -2.31. The van der Waals surface area contributed by atoms with Crippen LogP contribution in [-0.2, 0) is 30.9 Å². The van der Waals surface area contributed by atoms with Crippen molar-refractivity contribution in [3.8, 4) is 0 Å². The van der Waals surface area contributed by atoms with Crippen LogP contribution in [0.15, 0.2) is 59.5 Å². The Labute approximate surface area is 187 Å². The zero-order chi connectivity index (χ0) is 23.3. The van der Waals surface area contributed by atoms with Crippen LogP contribution < -0.4 is 0 Å². The summed E-state index contributed by atoms with van der Waals surface area (Å²) in [4.78, 5) is 26.2. The number of hydrogen-bond donors (Lipinski definition) is 0. The number of nitrogens with zero attached hydrogens (tertiary/aromatic N) is 2. The Morgan fingerprint density at radius 2 is 1.69 bits per heavy atom. The molecule has 0 N–H and O–H groups in total. The number of rotatable bonds is 7. The van der Waals surface area contributed by atoms with Gasteiger partial charge in [0, 0.05) is 26.7 Å². The molecule has 32 heavy (non-hydrogen) atoms. The summed E-state index contributed by atoms with van der Waals surface area (Å²) in [6.45, 7) is 2.08. The van der Waals surface area contributed by atoms with Crippen molar-refractivity contribution in [2.24, 2.45) is 5.92 Å². The molecule has 3 rings (SSSR count). The van der Waals surface area contributed by atoms with Gasteiger partial charge in [-0.3, -0.25) is 9.59 Å². The molecule has 0 saturated carbocycles. The second-order valence-corrected chi connectivity index (χ2v) is 9.77. The fourth-order valence-corrected chi connectivity index (χ4v) is 5.23. The van der Waals surface area contributed by atoms with E-state index in [1.54, 1.807) is 7.05 Å². The van der Waals surface area contributed by atoms with Gasteiger partial charge in [0.2, 0.25) is 10.0 Å². The van der Waals surface area contributed by atoms with Gasteiger partial charge >= 0.3 is 5.97 Å². The summed E-state index contributed by atoms with van der Waals surface area (Å²) in [5, 5.41) is 0. The van der Waals surface area contributed by atoms with E-state index in [1.165, 1.54) is 34.3 Å². The minimum Gasteiger partial charge on any atom is -0.452 e. The largest absolute Gasteiger partial charge is 0.452 e. The zero-order valence-corrected chi connectivity index (χ0v) is 18.9. The molecule has 0 aromatic heterocycles. The molecule has 7 nitrogen and oxygen atoms in total. The monoisotopic (exact) mass is 462 g/mol. The molecule has 2 aromatic carbocycles. The number of sulfonamides is 1. The smallest absolute Gasteiger partial charge is 0.309 e. The Kier molecular flexibility index (Phi) is 7.63. The van der Waals surface area contributed by atoms with E-state index in [2.05, 4.69) is 0 Å². The molecular weight excluding hydrogens is 435 g/mol. The molecule has 2 aromatic rings. The van der Waals surface area contributed by atoms with E-state index in [0.717, 1.165) is 11.6 Å². The van der Waals surface area contributed by atoms with Crippen molar-refractivity contribution in [3.05, 3.63) is 66.0 Å². The Hall–Kier alpha value is -2.78. The maximum Gasteiger partial charge on any atom is 0.309 e. The second-order valence-electron chi connectivity index (χ2n) is 7.87. The van der Waals surface area contributed by atoms with Crippen LogP contribution in [0.2, 0.25) is 0 Å². The van der Waals surface area contributed by atoms with E-state index in [-0.39, 0.29) is 36.7 Å². The van der Waals surface area contributed by atoms with Gasteiger partial charge in [-0.25, -0.2) is 12.8 Å². The Morgan fingerprint density at radius 1 is 1.09 bits per heavy atom. The highest BCUT2D eigenvalue weighted by Crippen LogP contribution is 2.26. The van der Waals surface area contributed by atoms with Crippen molar-refractivity contribution >= 4 is 21.9 Å². The maximum absolute atomic E-state index is 14.0. The van der Waals surface area contributed by atoms with Crippen LogP contribution in [0.1, 0.15) is 25.3 Å². The molecule has 1 fully saturated rings. The van der Waals surface area contributed by atoms with Gasteiger partial charge < -0.3 is 9.64 Å². The Bertz CT molecular complexity index is 1050. The van der Waals surface area contributed by atoms with Gasteiger partial charge in [-0.15, -0.1) is 0 Å². The predicted octanol–water partition coefficient (Wildman–Crippen LogP) is 2.82. The summed E-state index contributed by atoms with van der Waals surface area (Å²) < 4.78 is 45.9. The zero-order valence-electron chi connectivity index (χ0n) is 18.1. The fraction of sp³-hybridized carbons (Fsp3) is 0.391. The Morgan fingerprint density at radius 3 is 2.31 bits per heavy atom. The SMILES string of the molecule is C[C@@H](OC(=O)C1CCN(S(=O)(=O)c2ccccc2F)CC1)C(=O)N(C)Cc1ccccc1. The van der Waals surface area contributed by atoms with Crippen LogP contribution in [-0.4, -0.2) is 55.7 Å². The summed E-state index contributed by atoms with van der Waals surface area (Å²) in [6.07, 6.45) is -0.461. The first-order valence-electron chi connectivity index (χ1n) is 10.4. The minimum atomic E-state index is -3.97. The molecule has 0 unspecified atom stereocenters. The van der Waals surface area contributed by atoms with E-state index in [9.17, 15) is 22.4 Å². The number of halogens is 1. The lowest BCUT2D eigenvalue weighted by molar-refractivity contribution is -0.163. The van der Waals surface area contributed by atoms with Crippen LogP contribution >= 0.6 is 0 Å². The number of ether oxygens (including phenoxy) is 1. The van der Waals surface area contributed by atoms with Crippen LogP contribution in [0, 0.1) is 11.7 Å². The van der Waals surface area contributed by atoms with Gasteiger partial charge in [-0.2, -0.15) is 4.31 Å². The van der Waals surface area contributed by atoms with Crippen LogP contribution in [0.5, 0.6) is 0 Å². The lowest BCUT2D eigenvalue weighted by Crippen LogP contribution is -2.42. The first-order chi connectivity index (χ1) is 15.2. The number of likely N-dealkylation sites (N-methyl/N-ethyl adjacent to an activating group) is 1. The molecule has 0 aliphatic carbocycles. The molecule has 172 valence electrons. The van der Waals surface area contributed by atoms with Crippen molar-refractivity contribution in [2.45, 2.75) is 37.3 Å². The van der Waals surface area contributed by atoms with E-state index in [0.29, 0.717) is 6.54 Å². The number of carbonyl (C=O) groups excluding carboxylic acids is 2. The molecule has 1 amide bonds. The number of amides is 1. The molecule has 1 saturated heterocycles. The molecule has 1 atom stereocenters. The van der Waals surface area contributed by atoms with Gasteiger partial charge in [-0.05, 0) is 37.5 Å². The fourth-order valence-electron chi connectivity index (χ4n) is 3.69. The maximum atomic E-state index is 14.0. The average molecular weight is 463 g/mol. The second kappa shape index (κ2) is 10.2. The number of esters is 1. The topological polar surface area (TPSA) is 84.0 Å². The third-order valence-electron chi connectivity index (χ3n) is 5.52.